The molecule has 1 aromatic rings. The van der Waals surface area contributed by atoms with Gasteiger partial charge in [0, 0.05) is 12.7 Å². The molecular weight excluding hydrogens is 260 g/mol. The Morgan fingerprint density at radius 3 is 2.56 bits per heavy atom. The molecule has 6 nitrogen and oxygen atoms in total. The summed E-state index contributed by atoms with van der Waals surface area (Å²) in [6.45, 7) is 1.54. The monoisotopic (exact) mass is 272 g/mol. The van der Waals surface area contributed by atoms with Crippen LogP contribution in [0.3, 0.4) is 0 Å². The number of nitrogens with zero attached hydrogens (tertiary/aromatic N) is 2. The summed E-state index contributed by atoms with van der Waals surface area (Å²) in [5.74, 6) is -1.65. The van der Waals surface area contributed by atoms with Gasteiger partial charge >= 0.3 is 11.9 Å². The molecule has 0 aliphatic carbocycles. The summed E-state index contributed by atoms with van der Waals surface area (Å²) in [6, 6.07) is 2.27. The maximum atomic E-state index is 11.0. The summed E-state index contributed by atoms with van der Waals surface area (Å²) in [5.41, 5.74) is 0. The number of hydrogen-bond acceptors (Lipinski definition) is 4. The SMILES string of the molecule is CC(C(=O)O)N(CCC(=O)O)c1ccc(Cl)cn1. The first kappa shape index (κ1) is 14.2. The molecule has 7 heteroatoms. The van der Waals surface area contributed by atoms with Crippen molar-refractivity contribution in [2.45, 2.75) is 19.4 Å². The quantitative estimate of drug-likeness (QED) is 0.815. The molecule has 18 heavy (non-hydrogen) atoms. The second-order valence-electron chi connectivity index (χ2n) is 3.69. The Kier molecular flexibility index (Phi) is 4.91. The Balaban J connectivity index is 2.92. The van der Waals surface area contributed by atoms with Gasteiger partial charge in [-0.2, -0.15) is 0 Å². The van der Waals surface area contributed by atoms with Crippen molar-refractivity contribution < 1.29 is 19.8 Å². The third-order valence-corrected chi connectivity index (χ3v) is 2.62. The average molecular weight is 273 g/mol. The van der Waals surface area contributed by atoms with Crippen molar-refractivity contribution in [3.05, 3.63) is 23.4 Å². The van der Waals surface area contributed by atoms with E-state index in [1.165, 1.54) is 18.0 Å². The minimum Gasteiger partial charge on any atom is -0.481 e. The number of anilines is 1. The van der Waals surface area contributed by atoms with Crippen LogP contribution in [0.15, 0.2) is 18.3 Å². The number of rotatable bonds is 6. The van der Waals surface area contributed by atoms with Crippen molar-refractivity contribution >= 4 is 29.4 Å². The Bertz CT molecular complexity index is 435. The van der Waals surface area contributed by atoms with Crippen LogP contribution >= 0.6 is 11.6 Å². The number of carboxylic acid groups (broad SMARTS) is 2. The fraction of sp³-hybridized carbons (Fsp3) is 0.364. The largest absolute Gasteiger partial charge is 0.481 e. The van der Waals surface area contributed by atoms with E-state index in [1.54, 1.807) is 12.1 Å². The van der Waals surface area contributed by atoms with Gasteiger partial charge in [-0.05, 0) is 19.1 Å². The van der Waals surface area contributed by atoms with Crippen molar-refractivity contribution in [2.75, 3.05) is 11.4 Å². The molecule has 0 aliphatic heterocycles. The van der Waals surface area contributed by atoms with Gasteiger partial charge in [0.15, 0.2) is 0 Å². The molecule has 0 spiro atoms. The maximum absolute atomic E-state index is 11.0. The highest BCUT2D eigenvalue weighted by molar-refractivity contribution is 6.30. The number of carbonyl (C=O) groups is 2. The van der Waals surface area contributed by atoms with Crippen LogP contribution in [0.5, 0.6) is 0 Å². The smallest absolute Gasteiger partial charge is 0.326 e. The summed E-state index contributed by atoms with van der Waals surface area (Å²) in [6.07, 6.45) is 1.22. The summed E-state index contributed by atoms with van der Waals surface area (Å²) in [7, 11) is 0. The van der Waals surface area contributed by atoms with E-state index < -0.39 is 18.0 Å². The highest BCUT2D eigenvalue weighted by Crippen LogP contribution is 2.17. The van der Waals surface area contributed by atoms with Crippen LogP contribution in [0.4, 0.5) is 5.82 Å². The van der Waals surface area contributed by atoms with Crippen LogP contribution in [0.2, 0.25) is 5.02 Å². The van der Waals surface area contributed by atoms with Gasteiger partial charge < -0.3 is 15.1 Å². The van der Waals surface area contributed by atoms with E-state index in [1.807, 2.05) is 0 Å². The standard InChI is InChI=1S/C11H13ClN2O4/c1-7(11(17)18)14(5-4-10(15)16)9-3-2-8(12)6-13-9/h2-3,6-7H,4-5H2,1H3,(H,15,16)(H,17,18). The Hall–Kier alpha value is -1.82. The van der Waals surface area contributed by atoms with Gasteiger partial charge in [-0.15, -0.1) is 0 Å². The summed E-state index contributed by atoms with van der Waals surface area (Å²) >= 11 is 5.69. The Morgan fingerprint density at radius 2 is 2.11 bits per heavy atom. The van der Waals surface area contributed by atoms with Gasteiger partial charge in [-0.25, -0.2) is 9.78 Å². The van der Waals surface area contributed by atoms with Gasteiger partial charge in [0.1, 0.15) is 11.9 Å². The first-order chi connectivity index (χ1) is 8.41. The zero-order valence-corrected chi connectivity index (χ0v) is 10.5. The molecule has 0 fully saturated rings. The predicted molar refractivity (Wildman–Crippen MR) is 65.9 cm³/mol. The highest BCUT2D eigenvalue weighted by atomic mass is 35.5. The fourth-order valence-electron chi connectivity index (χ4n) is 1.39. The third kappa shape index (κ3) is 3.89. The van der Waals surface area contributed by atoms with E-state index in [0.29, 0.717) is 10.8 Å². The minimum atomic E-state index is -1.04. The molecule has 0 amide bonds. The Labute approximate surface area is 109 Å². The summed E-state index contributed by atoms with van der Waals surface area (Å²) in [4.78, 5) is 27.0. The van der Waals surface area contributed by atoms with E-state index in [-0.39, 0.29) is 13.0 Å². The molecule has 0 bridgehead atoms. The molecule has 0 saturated carbocycles. The maximum Gasteiger partial charge on any atom is 0.326 e. The fourth-order valence-corrected chi connectivity index (χ4v) is 1.51. The van der Waals surface area contributed by atoms with E-state index in [9.17, 15) is 9.59 Å². The van der Waals surface area contributed by atoms with Gasteiger partial charge in [-0.3, -0.25) is 4.79 Å². The van der Waals surface area contributed by atoms with E-state index in [2.05, 4.69) is 4.98 Å². The molecule has 1 atom stereocenters. The molecule has 0 saturated heterocycles. The number of carboxylic acids is 2. The van der Waals surface area contributed by atoms with Gasteiger partial charge in [-0.1, -0.05) is 11.6 Å². The number of aromatic nitrogens is 1. The lowest BCUT2D eigenvalue weighted by Gasteiger charge is -2.26. The molecule has 1 aromatic heterocycles. The molecule has 1 unspecified atom stereocenters. The first-order valence-corrected chi connectivity index (χ1v) is 5.62. The number of halogens is 1. The van der Waals surface area contributed by atoms with Crippen LogP contribution in [0.25, 0.3) is 0 Å². The van der Waals surface area contributed by atoms with E-state index in [0.717, 1.165) is 0 Å². The van der Waals surface area contributed by atoms with Crippen molar-refractivity contribution in [3.63, 3.8) is 0 Å². The number of hydrogen-bond donors (Lipinski definition) is 2. The van der Waals surface area contributed by atoms with Crippen LogP contribution in [0.1, 0.15) is 13.3 Å². The van der Waals surface area contributed by atoms with Crippen LogP contribution < -0.4 is 4.90 Å². The lowest BCUT2D eigenvalue weighted by atomic mass is 10.2. The predicted octanol–water partition coefficient (Wildman–Crippen LogP) is 1.49. The molecule has 1 heterocycles. The van der Waals surface area contributed by atoms with E-state index >= 15 is 0 Å². The van der Waals surface area contributed by atoms with Crippen molar-refractivity contribution in [1.29, 1.82) is 0 Å². The van der Waals surface area contributed by atoms with Gasteiger partial charge in [0.25, 0.3) is 0 Å². The lowest BCUT2D eigenvalue weighted by Crippen LogP contribution is -2.40. The van der Waals surface area contributed by atoms with Crippen LogP contribution in [0, 0.1) is 0 Å². The molecule has 0 aliphatic rings. The first-order valence-electron chi connectivity index (χ1n) is 5.24. The average Bonchev–Trinajstić information content (AvgIpc) is 2.30. The third-order valence-electron chi connectivity index (χ3n) is 2.40. The minimum absolute atomic E-state index is 0.0669. The molecule has 0 radical (unpaired) electrons. The lowest BCUT2D eigenvalue weighted by molar-refractivity contribution is -0.139. The Morgan fingerprint density at radius 1 is 1.44 bits per heavy atom. The molecule has 98 valence electrons. The normalized spacial score (nSPS) is 11.9. The van der Waals surface area contributed by atoms with E-state index in [4.69, 9.17) is 21.8 Å². The van der Waals surface area contributed by atoms with Crippen LogP contribution in [-0.4, -0.2) is 39.7 Å². The van der Waals surface area contributed by atoms with Crippen molar-refractivity contribution in [1.82, 2.24) is 4.98 Å². The second-order valence-corrected chi connectivity index (χ2v) is 4.12. The van der Waals surface area contributed by atoms with Crippen LogP contribution in [-0.2, 0) is 9.59 Å². The number of aliphatic carboxylic acids is 2. The number of pyridine rings is 1. The molecular formula is C11H13ClN2O4. The summed E-state index contributed by atoms with van der Waals surface area (Å²) < 4.78 is 0. The van der Waals surface area contributed by atoms with Crippen molar-refractivity contribution in [2.24, 2.45) is 0 Å². The molecule has 2 N–H and O–H groups in total. The topological polar surface area (TPSA) is 90.7 Å². The van der Waals surface area contributed by atoms with Gasteiger partial charge in [0.05, 0.1) is 11.4 Å². The summed E-state index contributed by atoms with van der Waals surface area (Å²) in [5, 5.41) is 18.1. The second kappa shape index (κ2) is 6.20. The molecule has 1 rings (SSSR count). The molecule has 0 aromatic carbocycles. The zero-order chi connectivity index (χ0) is 13.7. The highest BCUT2D eigenvalue weighted by Gasteiger charge is 2.22. The van der Waals surface area contributed by atoms with Gasteiger partial charge in [0.2, 0.25) is 0 Å². The zero-order valence-electron chi connectivity index (χ0n) is 9.71. The van der Waals surface area contributed by atoms with Crippen molar-refractivity contribution in [3.8, 4) is 0 Å².